The summed E-state index contributed by atoms with van der Waals surface area (Å²) >= 11 is 0. The highest BCUT2D eigenvalue weighted by atomic mass is 19.1. The Morgan fingerprint density at radius 2 is 1.90 bits per heavy atom. The molecular formula is C15H18F2N2O2. The molecule has 0 aliphatic heterocycles. The molecule has 1 aromatic heterocycles. The van der Waals surface area contributed by atoms with Gasteiger partial charge in [-0.05, 0) is 24.1 Å². The van der Waals surface area contributed by atoms with Crippen LogP contribution in [0, 0.1) is 11.6 Å². The maximum atomic E-state index is 13.5. The van der Waals surface area contributed by atoms with Gasteiger partial charge in [0.05, 0.1) is 19.3 Å². The lowest BCUT2D eigenvalue weighted by molar-refractivity contribution is 0.358. The van der Waals surface area contributed by atoms with Gasteiger partial charge >= 0.3 is 0 Å². The van der Waals surface area contributed by atoms with Gasteiger partial charge in [-0.1, -0.05) is 18.5 Å². The van der Waals surface area contributed by atoms with Crippen molar-refractivity contribution in [2.24, 2.45) is 0 Å². The van der Waals surface area contributed by atoms with Crippen molar-refractivity contribution in [2.75, 3.05) is 7.11 Å². The van der Waals surface area contributed by atoms with E-state index in [1.165, 1.54) is 19.2 Å². The van der Waals surface area contributed by atoms with E-state index in [1.807, 2.05) is 6.07 Å². The summed E-state index contributed by atoms with van der Waals surface area (Å²) < 4.78 is 36.9. The van der Waals surface area contributed by atoms with E-state index in [0.717, 1.165) is 18.5 Å². The van der Waals surface area contributed by atoms with Crippen LogP contribution >= 0.6 is 0 Å². The number of nitrogens with one attached hydrogen (secondary N) is 1. The quantitative estimate of drug-likeness (QED) is 0.852. The fourth-order valence-corrected chi connectivity index (χ4v) is 2.05. The molecule has 21 heavy (non-hydrogen) atoms. The maximum absolute atomic E-state index is 13.5. The molecule has 0 aliphatic carbocycles. The lowest BCUT2D eigenvalue weighted by Gasteiger charge is -2.07. The number of methoxy groups -OCH3 is 1. The molecule has 114 valence electrons. The average Bonchev–Trinajstić information content (AvgIpc) is 2.87. The predicted octanol–water partition coefficient (Wildman–Crippen LogP) is 3.20. The third-order valence-electron chi connectivity index (χ3n) is 3.00. The fourth-order valence-electron chi connectivity index (χ4n) is 2.05. The number of halogens is 2. The Kier molecular flexibility index (Phi) is 5.27. The second kappa shape index (κ2) is 7.17. The number of hydrogen-bond donors (Lipinski definition) is 1. The van der Waals surface area contributed by atoms with Crippen molar-refractivity contribution in [2.45, 2.75) is 32.9 Å². The molecule has 0 aliphatic rings. The van der Waals surface area contributed by atoms with Crippen LogP contribution in [-0.2, 0) is 19.5 Å². The number of aromatic nitrogens is 1. The van der Waals surface area contributed by atoms with Gasteiger partial charge in [-0.15, -0.1) is 0 Å². The van der Waals surface area contributed by atoms with E-state index in [1.54, 1.807) is 0 Å². The minimum Gasteiger partial charge on any atom is -0.491 e. The monoisotopic (exact) mass is 296 g/mol. The van der Waals surface area contributed by atoms with Gasteiger partial charge < -0.3 is 14.6 Å². The first-order valence-corrected chi connectivity index (χ1v) is 6.81. The molecule has 1 aromatic carbocycles. The largest absolute Gasteiger partial charge is 0.491 e. The van der Waals surface area contributed by atoms with Crippen LogP contribution in [-0.4, -0.2) is 12.3 Å². The minimum atomic E-state index is -0.709. The highest BCUT2D eigenvalue weighted by Crippen LogP contribution is 2.22. The molecule has 0 saturated heterocycles. The van der Waals surface area contributed by atoms with Crippen LogP contribution in [0.5, 0.6) is 5.75 Å². The van der Waals surface area contributed by atoms with Crippen molar-refractivity contribution >= 4 is 0 Å². The summed E-state index contributed by atoms with van der Waals surface area (Å²) in [5.74, 6) is -1.08. The molecule has 6 heteroatoms. The Bertz CT molecular complexity index is 576. The van der Waals surface area contributed by atoms with Gasteiger partial charge in [0.1, 0.15) is 0 Å². The van der Waals surface area contributed by atoms with E-state index in [9.17, 15) is 8.78 Å². The fraction of sp³-hybridized carbons (Fsp3) is 0.400. The predicted molar refractivity (Wildman–Crippen MR) is 74.0 cm³/mol. The van der Waals surface area contributed by atoms with Crippen LogP contribution in [0.1, 0.15) is 30.4 Å². The molecule has 1 N–H and O–H groups in total. The van der Waals surface area contributed by atoms with E-state index in [-0.39, 0.29) is 5.75 Å². The third-order valence-corrected chi connectivity index (χ3v) is 3.00. The topological polar surface area (TPSA) is 47.3 Å². The van der Waals surface area contributed by atoms with E-state index in [0.29, 0.717) is 24.4 Å². The molecule has 0 unspecified atom stereocenters. The molecule has 0 amide bonds. The van der Waals surface area contributed by atoms with Crippen LogP contribution in [0.3, 0.4) is 0 Å². The summed E-state index contributed by atoms with van der Waals surface area (Å²) in [6, 6.07) is 4.38. The van der Waals surface area contributed by atoms with Crippen molar-refractivity contribution in [1.29, 1.82) is 0 Å². The van der Waals surface area contributed by atoms with Gasteiger partial charge in [-0.2, -0.15) is 0 Å². The van der Waals surface area contributed by atoms with Gasteiger partial charge in [0.2, 0.25) is 0 Å². The van der Waals surface area contributed by atoms with Gasteiger partial charge in [-0.25, -0.2) is 8.78 Å². The van der Waals surface area contributed by atoms with Gasteiger partial charge in [-0.3, -0.25) is 0 Å². The second-order valence-corrected chi connectivity index (χ2v) is 4.73. The highest BCUT2D eigenvalue weighted by Gasteiger charge is 2.11. The summed E-state index contributed by atoms with van der Waals surface area (Å²) in [5, 5.41) is 6.99. The van der Waals surface area contributed by atoms with Crippen molar-refractivity contribution in [3.8, 4) is 5.75 Å². The summed E-state index contributed by atoms with van der Waals surface area (Å²) in [6.07, 6.45) is 1.88. The van der Waals surface area contributed by atoms with E-state index in [2.05, 4.69) is 22.1 Å². The number of benzene rings is 1. The average molecular weight is 296 g/mol. The van der Waals surface area contributed by atoms with Crippen molar-refractivity contribution in [1.82, 2.24) is 10.5 Å². The van der Waals surface area contributed by atoms with Crippen LogP contribution in [0.15, 0.2) is 22.7 Å². The number of aryl methyl sites for hydroxylation is 1. The first-order chi connectivity index (χ1) is 10.1. The van der Waals surface area contributed by atoms with Gasteiger partial charge in [0.15, 0.2) is 23.1 Å². The lowest BCUT2D eigenvalue weighted by atomic mass is 10.2. The van der Waals surface area contributed by atoms with Crippen molar-refractivity contribution in [3.05, 3.63) is 46.9 Å². The van der Waals surface area contributed by atoms with E-state index in [4.69, 9.17) is 4.52 Å². The molecule has 0 fully saturated rings. The third kappa shape index (κ3) is 4.01. The smallest absolute Gasteiger partial charge is 0.190 e. The van der Waals surface area contributed by atoms with Crippen molar-refractivity contribution < 1.29 is 18.0 Å². The van der Waals surface area contributed by atoms with Gasteiger partial charge in [0, 0.05) is 12.6 Å². The molecule has 0 bridgehead atoms. The standard InChI is InChI=1S/C15H18F2N2O2/c1-3-4-11-7-12(21-19-11)9-18-8-10-5-13(16)15(20-2)14(17)6-10/h5-7,18H,3-4,8-9H2,1-2H3. The number of hydrogen-bond acceptors (Lipinski definition) is 4. The van der Waals surface area contributed by atoms with Crippen LogP contribution in [0.4, 0.5) is 8.78 Å². The molecule has 0 saturated carbocycles. The number of rotatable bonds is 7. The SMILES string of the molecule is CCCc1cc(CNCc2cc(F)c(OC)c(F)c2)on1. The van der Waals surface area contributed by atoms with Crippen LogP contribution in [0.25, 0.3) is 0 Å². The summed E-state index contributed by atoms with van der Waals surface area (Å²) in [7, 11) is 1.23. The first kappa shape index (κ1) is 15.4. The molecule has 0 atom stereocenters. The summed E-state index contributed by atoms with van der Waals surface area (Å²) in [6.45, 7) is 2.84. The van der Waals surface area contributed by atoms with Gasteiger partial charge in [0.25, 0.3) is 0 Å². The Balaban J connectivity index is 1.91. The molecule has 0 spiro atoms. The van der Waals surface area contributed by atoms with Crippen LogP contribution < -0.4 is 10.1 Å². The molecule has 1 heterocycles. The molecule has 4 nitrogen and oxygen atoms in total. The van der Waals surface area contributed by atoms with Crippen LogP contribution in [0.2, 0.25) is 0 Å². The van der Waals surface area contributed by atoms with E-state index >= 15 is 0 Å². The zero-order valence-corrected chi connectivity index (χ0v) is 12.1. The minimum absolute atomic E-state index is 0.321. The summed E-state index contributed by atoms with van der Waals surface area (Å²) in [5.41, 5.74) is 1.41. The van der Waals surface area contributed by atoms with Crippen molar-refractivity contribution in [3.63, 3.8) is 0 Å². The zero-order chi connectivity index (χ0) is 15.2. The normalized spacial score (nSPS) is 10.9. The first-order valence-electron chi connectivity index (χ1n) is 6.81. The Labute approximate surface area is 122 Å². The summed E-state index contributed by atoms with van der Waals surface area (Å²) in [4.78, 5) is 0. The molecule has 2 rings (SSSR count). The molecule has 0 radical (unpaired) electrons. The Morgan fingerprint density at radius 3 is 2.52 bits per heavy atom. The number of nitrogens with zero attached hydrogens (tertiary/aromatic N) is 1. The molecule has 2 aromatic rings. The van der Waals surface area contributed by atoms with E-state index < -0.39 is 11.6 Å². The number of ether oxygens (including phenoxy) is 1. The zero-order valence-electron chi connectivity index (χ0n) is 12.1. The Hall–Kier alpha value is -1.95. The Morgan fingerprint density at radius 1 is 1.19 bits per heavy atom. The highest BCUT2D eigenvalue weighted by molar-refractivity contribution is 5.31. The molecular weight excluding hydrogens is 278 g/mol. The maximum Gasteiger partial charge on any atom is 0.190 e. The second-order valence-electron chi connectivity index (χ2n) is 4.73. The lowest BCUT2D eigenvalue weighted by Crippen LogP contribution is -2.12.